The summed E-state index contributed by atoms with van der Waals surface area (Å²) in [6, 6.07) is 22.0. The molecule has 1 unspecified atom stereocenters. The van der Waals surface area contributed by atoms with E-state index in [4.69, 9.17) is 27.9 Å². The minimum Gasteiger partial charge on any atom is -0.444 e. The Morgan fingerprint density at radius 1 is 0.885 bits per heavy atom. The van der Waals surface area contributed by atoms with Crippen LogP contribution in [0.2, 0.25) is 10.0 Å². The molecular formula is C41H53Cl2N5O4. The smallest absolute Gasteiger partial charge is 0.410 e. The van der Waals surface area contributed by atoms with Crippen LogP contribution in [0, 0.1) is 0 Å². The molecule has 280 valence electrons. The van der Waals surface area contributed by atoms with E-state index in [1.54, 1.807) is 17.0 Å². The Balaban J connectivity index is 1.33. The van der Waals surface area contributed by atoms with Crippen molar-refractivity contribution >= 4 is 41.1 Å². The number of hydrogen-bond donors (Lipinski definition) is 1. The number of nitrogens with zero attached hydrogens (tertiary/aromatic N) is 4. The van der Waals surface area contributed by atoms with Gasteiger partial charge in [-0.15, -0.1) is 0 Å². The molecule has 0 saturated carbocycles. The Bertz CT molecular complexity index is 1670. The van der Waals surface area contributed by atoms with E-state index in [1.165, 1.54) is 0 Å². The van der Waals surface area contributed by atoms with Gasteiger partial charge in [0.15, 0.2) is 0 Å². The van der Waals surface area contributed by atoms with Crippen molar-refractivity contribution < 1.29 is 19.1 Å². The summed E-state index contributed by atoms with van der Waals surface area (Å²) in [6.07, 6.45) is 0.522. The molecule has 9 nitrogen and oxygen atoms in total. The Labute approximate surface area is 319 Å². The number of nitrogens with one attached hydrogen (secondary N) is 1. The minimum atomic E-state index is -0.802. The first-order chi connectivity index (χ1) is 24.9. The minimum absolute atomic E-state index is 0.000691. The number of ether oxygens (including phenoxy) is 1. The number of rotatable bonds is 12. The molecule has 1 saturated heterocycles. The zero-order valence-electron chi connectivity index (χ0n) is 31.1. The maximum absolute atomic E-state index is 14.3. The number of benzene rings is 3. The van der Waals surface area contributed by atoms with E-state index in [9.17, 15) is 14.4 Å². The average molecular weight is 751 g/mol. The van der Waals surface area contributed by atoms with Gasteiger partial charge in [-0.25, -0.2) is 4.79 Å². The van der Waals surface area contributed by atoms with Crippen molar-refractivity contribution in [2.45, 2.75) is 77.6 Å². The van der Waals surface area contributed by atoms with E-state index in [2.05, 4.69) is 35.0 Å². The zero-order chi connectivity index (χ0) is 37.4. The van der Waals surface area contributed by atoms with Crippen LogP contribution < -0.4 is 5.32 Å². The predicted molar refractivity (Wildman–Crippen MR) is 208 cm³/mol. The summed E-state index contributed by atoms with van der Waals surface area (Å²) >= 11 is 12.9. The van der Waals surface area contributed by atoms with E-state index in [0.717, 1.165) is 46.9 Å². The Kier molecular flexibility index (Phi) is 13.6. The van der Waals surface area contributed by atoms with Crippen LogP contribution in [0.25, 0.3) is 0 Å². The lowest BCUT2D eigenvalue weighted by Crippen LogP contribution is -2.56. The van der Waals surface area contributed by atoms with Gasteiger partial charge in [0, 0.05) is 61.8 Å². The van der Waals surface area contributed by atoms with E-state index < -0.39 is 23.8 Å². The molecule has 3 amide bonds. The molecule has 3 atom stereocenters. The lowest BCUT2D eigenvalue weighted by atomic mass is 9.90. The standard InChI is InChI=1S/C41H53Cl2N5O4/c1-6-45(7-2)28-37(33-14-10-11-15-34(33)43)46-22-24-47(25-23-46)39(50)35(26-29-16-18-31(42)19-17-29)44-38(49)27-36-32-13-9-8-12-30(32)20-21-48(36)40(51)52-41(3,4)5/h8-19,35-37H,6-7,20-28H2,1-5H3,(H,44,49)/t35-,36-,37?/m1/s1. The Morgan fingerprint density at radius 3 is 2.19 bits per heavy atom. The Hall–Kier alpha value is -3.63. The second-order valence-electron chi connectivity index (χ2n) is 14.7. The summed E-state index contributed by atoms with van der Waals surface area (Å²) in [4.78, 5) is 50.1. The van der Waals surface area contributed by atoms with Crippen LogP contribution in [0.4, 0.5) is 4.79 Å². The largest absolute Gasteiger partial charge is 0.444 e. The summed E-state index contributed by atoms with van der Waals surface area (Å²) in [5.74, 6) is -0.437. The Morgan fingerprint density at radius 2 is 1.54 bits per heavy atom. The molecule has 0 aromatic heterocycles. The van der Waals surface area contributed by atoms with Crippen LogP contribution in [0.3, 0.4) is 0 Å². The lowest BCUT2D eigenvalue weighted by Gasteiger charge is -2.42. The van der Waals surface area contributed by atoms with E-state index in [1.807, 2.05) is 80.3 Å². The molecule has 1 fully saturated rings. The summed E-state index contributed by atoms with van der Waals surface area (Å²) in [5, 5.41) is 4.44. The molecule has 3 aromatic rings. The van der Waals surface area contributed by atoms with Gasteiger partial charge in [0.1, 0.15) is 11.6 Å². The van der Waals surface area contributed by atoms with Crippen LogP contribution in [0.15, 0.2) is 72.8 Å². The van der Waals surface area contributed by atoms with Crippen molar-refractivity contribution in [1.29, 1.82) is 0 Å². The van der Waals surface area contributed by atoms with Gasteiger partial charge in [-0.3, -0.25) is 14.5 Å². The van der Waals surface area contributed by atoms with Crippen LogP contribution in [-0.4, -0.2) is 102 Å². The fourth-order valence-electron chi connectivity index (χ4n) is 7.25. The molecule has 2 aliphatic heterocycles. The van der Waals surface area contributed by atoms with Gasteiger partial charge in [0.25, 0.3) is 0 Å². The van der Waals surface area contributed by atoms with Crippen LogP contribution in [0.1, 0.15) is 75.4 Å². The number of hydrogen-bond acceptors (Lipinski definition) is 6. The molecule has 2 heterocycles. The van der Waals surface area contributed by atoms with Crippen LogP contribution in [0.5, 0.6) is 0 Å². The van der Waals surface area contributed by atoms with Crippen molar-refractivity contribution in [1.82, 2.24) is 24.9 Å². The summed E-state index contributed by atoms with van der Waals surface area (Å²) < 4.78 is 5.76. The fraction of sp³-hybridized carbons (Fsp3) is 0.488. The quantitative estimate of drug-likeness (QED) is 0.212. The molecule has 1 N–H and O–H groups in total. The highest BCUT2D eigenvalue weighted by Crippen LogP contribution is 2.34. The first kappa shape index (κ1) is 39.6. The molecule has 0 radical (unpaired) electrons. The van der Waals surface area contributed by atoms with Crippen LogP contribution >= 0.6 is 23.2 Å². The maximum atomic E-state index is 14.3. The summed E-state index contributed by atoms with van der Waals surface area (Å²) in [6.45, 7) is 15.4. The summed E-state index contributed by atoms with van der Waals surface area (Å²) in [7, 11) is 0. The molecule has 5 rings (SSSR count). The third-order valence-electron chi connectivity index (χ3n) is 10.1. The first-order valence-electron chi connectivity index (χ1n) is 18.5. The van der Waals surface area contributed by atoms with Crippen molar-refractivity contribution in [3.63, 3.8) is 0 Å². The number of amides is 3. The van der Waals surface area contributed by atoms with Crippen LogP contribution in [-0.2, 0) is 27.2 Å². The molecule has 11 heteroatoms. The molecule has 2 aliphatic rings. The van der Waals surface area contributed by atoms with Crippen molar-refractivity contribution in [3.8, 4) is 0 Å². The van der Waals surface area contributed by atoms with Gasteiger partial charge in [-0.1, -0.05) is 91.6 Å². The van der Waals surface area contributed by atoms with Crippen molar-refractivity contribution in [3.05, 3.63) is 105 Å². The highest BCUT2D eigenvalue weighted by Gasteiger charge is 2.37. The SMILES string of the molecule is CCN(CC)CC(c1ccccc1Cl)N1CCN(C(=O)[C@@H](Cc2ccc(Cl)cc2)NC(=O)C[C@@H]2c3ccccc3CCN2C(=O)OC(C)(C)C)CC1. The number of likely N-dealkylation sites (N-methyl/N-ethyl adjacent to an activating group) is 1. The van der Waals surface area contributed by atoms with Gasteiger partial charge in [0.05, 0.1) is 12.5 Å². The number of fused-ring (bicyclic) bond motifs is 1. The van der Waals surface area contributed by atoms with Gasteiger partial charge < -0.3 is 24.8 Å². The van der Waals surface area contributed by atoms with Gasteiger partial charge in [-0.05, 0) is 80.7 Å². The third kappa shape index (κ3) is 10.3. The highest BCUT2D eigenvalue weighted by molar-refractivity contribution is 6.31. The predicted octanol–water partition coefficient (Wildman–Crippen LogP) is 7.17. The van der Waals surface area contributed by atoms with E-state index >= 15 is 0 Å². The average Bonchev–Trinajstić information content (AvgIpc) is 3.12. The van der Waals surface area contributed by atoms with Gasteiger partial charge in [0.2, 0.25) is 11.8 Å². The first-order valence-corrected chi connectivity index (χ1v) is 19.2. The monoisotopic (exact) mass is 749 g/mol. The fourth-order valence-corrected chi connectivity index (χ4v) is 7.64. The molecular weight excluding hydrogens is 697 g/mol. The number of carbonyl (C=O) groups is 3. The second kappa shape index (κ2) is 17.9. The second-order valence-corrected chi connectivity index (χ2v) is 15.5. The number of halogens is 2. The zero-order valence-corrected chi connectivity index (χ0v) is 32.6. The third-order valence-corrected chi connectivity index (χ3v) is 10.7. The topological polar surface area (TPSA) is 85.4 Å². The maximum Gasteiger partial charge on any atom is 0.410 e. The van der Waals surface area contributed by atoms with Crippen molar-refractivity contribution in [2.75, 3.05) is 52.4 Å². The van der Waals surface area contributed by atoms with E-state index in [0.29, 0.717) is 50.6 Å². The molecule has 0 bridgehead atoms. The normalized spacial score (nSPS) is 17.7. The van der Waals surface area contributed by atoms with Gasteiger partial charge >= 0.3 is 6.09 Å². The molecule has 0 spiro atoms. The number of carbonyl (C=O) groups excluding carboxylic acids is 3. The van der Waals surface area contributed by atoms with Crippen molar-refractivity contribution in [2.24, 2.45) is 0 Å². The summed E-state index contributed by atoms with van der Waals surface area (Å²) in [5.41, 5.74) is 3.32. The van der Waals surface area contributed by atoms with Gasteiger partial charge in [-0.2, -0.15) is 0 Å². The molecule has 3 aromatic carbocycles. The molecule has 52 heavy (non-hydrogen) atoms. The number of piperazine rings is 1. The highest BCUT2D eigenvalue weighted by atomic mass is 35.5. The molecule has 0 aliphatic carbocycles. The van der Waals surface area contributed by atoms with E-state index in [-0.39, 0.29) is 24.3 Å². The lowest BCUT2D eigenvalue weighted by molar-refractivity contribution is -0.138.